The van der Waals surface area contributed by atoms with Gasteiger partial charge in [-0.15, -0.1) is 0 Å². The Bertz CT molecular complexity index is 506. The molecule has 1 aromatic rings. The monoisotopic (exact) mass is 299 g/mol. The molecule has 0 aliphatic heterocycles. The second kappa shape index (κ2) is 8.34. The molecule has 6 heteroatoms. The van der Waals surface area contributed by atoms with Crippen LogP contribution in [0.3, 0.4) is 0 Å². The number of halogens is 2. The van der Waals surface area contributed by atoms with Gasteiger partial charge in [0.05, 0.1) is 0 Å². The number of carboxylic acids is 1. The molecule has 0 saturated heterocycles. The summed E-state index contributed by atoms with van der Waals surface area (Å²) in [5.41, 5.74) is 0.639. The highest BCUT2D eigenvalue weighted by atomic mass is 19.2. The Balaban J connectivity index is 2.26. The topological polar surface area (TPSA) is 66.4 Å². The Labute approximate surface area is 122 Å². The molecule has 0 spiro atoms. The Hall–Kier alpha value is -1.98. The quantitative estimate of drug-likeness (QED) is 0.775. The van der Waals surface area contributed by atoms with Gasteiger partial charge in [-0.2, -0.15) is 0 Å². The third-order valence-electron chi connectivity index (χ3n) is 3.05. The summed E-state index contributed by atoms with van der Waals surface area (Å²) in [6, 6.07) is 3.49. The van der Waals surface area contributed by atoms with Crippen molar-refractivity contribution in [3.8, 4) is 0 Å². The molecule has 0 fully saturated rings. The standard InChI is InChI=1S/C15H19F2NO3/c1-10(5-8-15(20)21)18-14(19)4-2-3-11-6-7-12(16)13(17)9-11/h6-7,9-10H,2-5,8H2,1H3,(H,18,19)(H,20,21). The predicted molar refractivity (Wildman–Crippen MR) is 73.8 cm³/mol. The number of nitrogens with one attached hydrogen (secondary N) is 1. The molecule has 1 aromatic carbocycles. The average Bonchev–Trinajstić information content (AvgIpc) is 2.40. The Morgan fingerprint density at radius 3 is 2.57 bits per heavy atom. The van der Waals surface area contributed by atoms with Crippen LogP contribution in [-0.2, 0) is 16.0 Å². The maximum absolute atomic E-state index is 13.0. The lowest BCUT2D eigenvalue weighted by atomic mass is 10.1. The molecule has 2 N–H and O–H groups in total. The SMILES string of the molecule is CC(CCC(=O)O)NC(=O)CCCc1ccc(F)c(F)c1. The lowest BCUT2D eigenvalue weighted by Crippen LogP contribution is -2.32. The summed E-state index contributed by atoms with van der Waals surface area (Å²) in [7, 11) is 0. The van der Waals surface area contributed by atoms with E-state index in [1.54, 1.807) is 6.92 Å². The second-order valence-electron chi connectivity index (χ2n) is 5.00. The molecule has 0 aromatic heterocycles. The van der Waals surface area contributed by atoms with Crippen LogP contribution >= 0.6 is 0 Å². The van der Waals surface area contributed by atoms with Crippen LogP contribution in [0.5, 0.6) is 0 Å². The molecule has 21 heavy (non-hydrogen) atoms. The molecule has 1 rings (SSSR count). The van der Waals surface area contributed by atoms with Crippen molar-refractivity contribution < 1.29 is 23.5 Å². The van der Waals surface area contributed by atoms with E-state index in [0.29, 0.717) is 24.8 Å². The van der Waals surface area contributed by atoms with Crippen molar-refractivity contribution in [1.29, 1.82) is 0 Å². The fraction of sp³-hybridized carbons (Fsp3) is 0.467. The number of carbonyl (C=O) groups is 2. The van der Waals surface area contributed by atoms with E-state index in [4.69, 9.17) is 5.11 Å². The normalized spacial score (nSPS) is 12.0. The highest BCUT2D eigenvalue weighted by molar-refractivity contribution is 5.76. The van der Waals surface area contributed by atoms with Crippen molar-refractivity contribution in [3.05, 3.63) is 35.4 Å². The maximum atomic E-state index is 13.0. The van der Waals surface area contributed by atoms with E-state index >= 15 is 0 Å². The maximum Gasteiger partial charge on any atom is 0.303 e. The summed E-state index contributed by atoms with van der Waals surface area (Å²) in [6.45, 7) is 1.75. The van der Waals surface area contributed by atoms with Crippen molar-refractivity contribution in [1.82, 2.24) is 5.32 Å². The van der Waals surface area contributed by atoms with Gasteiger partial charge in [-0.05, 0) is 43.9 Å². The molecule has 4 nitrogen and oxygen atoms in total. The minimum Gasteiger partial charge on any atom is -0.481 e. The van der Waals surface area contributed by atoms with E-state index in [1.165, 1.54) is 6.07 Å². The molecule has 0 aliphatic rings. The number of benzene rings is 1. The van der Waals surface area contributed by atoms with Gasteiger partial charge in [0.15, 0.2) is 11.6 Å². The molecule has 1 unspecified atom stereocenters. The van der Waals surface area contributed by atoms with Crippen LogP contribution in [-0.4, -0.2) is 23.0 Å². The second-order valence-corrected chi connectivity index (χ2v) is 5.00. The van der Waals surface area contributed by atoms with Crippen molar-refractivity contribution >= 4 is 11.9 Å². The first-order chi connectivity index (χ1) is 9.88. The number of aliphatic carboxylic acids is 1. The summed E-state index contributed by atoms with van der Waals surface area (Å²) >= 11 is 0. The van der Waals surface area contributed by atoms with E-state index in [0.717, 1.165) is 12.1 Å². The van der Waals surface area contributed by atoms with Gasteiger partial charge in [-0.3, -0.25) is 9.59 Å². The molecule has 1 amide bonds. The first-order valence-electron chi connectivity index (χ1n) is 6.83. The van der Waals surface area contributed by atoms with Crippen molar-refractivity contribution in [2.45, 2.75) is 45.1 Å². The number of carboxylic acid groups (broad SMARTS) is 1. The number of aryl methyl sites for hydroxylation is 1. The van der Waals surface area contributed by atoms with Crippen LogP contribution in [0, 0.1) is 11.6 Å². The lowest BCUT2D eigenvalue weighted by Gasteiger charge is -2.12. The van der Waals surface area contributed by atoms with Crippen LogP contribution < -0.4 is 5.32 Å². The Kier molecular flexibility index (Phi) is 6.78. The molecule has 0 aliphatic carbocycles. The Morgan fingerprint density at radius 1 is 1.24 bits per heavy atom. The summed E-state index contributed by atoms with van der Waals surface area (Å²) in [5, 5.41) is 11.2. The molecule has 0 saturated carbocycles. The highest BCUT2D eigenvalue weighted by Crippen LogP contribution is 2.11. The molecule has 0 bridgehead atoms. The first-order valence-corrected chi connectivity index (χ1v) is 6.83. The van der Waals surface area contributed by atoms with Crippen molar-refractivity contribution in [2.75, 3.05) is 0 Å². The zero-order valence-electron chi connectivity index (χ0n) is 11.9. The third kappa shape index (κ3) is 6.83. The fourth-order valence-corrected chi connectivity index (χ4v) is 1.91. The van der Waals surface area contributed by atoms with Gasteiger partial charge in [-0.25, -0.2) is 8.78 Å². The molecular weight excluding hydrogens is 280 g/mol. The van der Waals surface area contributed by atoms with Gasteiger partial charge >= 0.3 is 5.97 Å². The molecule has 1 atom stereocenters. The van der Waals surface area contributed by atoms with Crippen molar-refractivity contribution in [2.24, 2.45) is 0 Å². The minimum absolute atomic E-state index is 0.0102. The van der Waals surface area contributed by atoms with Crippen LogP contribution in [0.15, 0.2) is 18.2 Å². The fourth-order valence-electron chi connectivity index (χ4n) is 1.91. The number of hydrogen-bond acceptors (Lipinski definition) is 2. The van der Waals surface area contributed by atoms with Crippen LogP contribution in [0.2, 0.25) is 0 Å². The largest absolute Gasteiger partial charge is 0.481 e. The van der Waals surface area contributed by atoms with Crippen LogP contribution in [0.1, 0.15) is 38.2 Å². The zero-order valence-corrected chi connectivity index (χ0v) is 11.9. The van der Waals surface area contributed by atoms with E-state index < -0.39 is 17.6 Å². The van der Waals surface area contributed by atoms with E-state index in [2.05, 4.69) is 5.32 Å². The van der Waals surface area contributed by atoms with E-state index in [9.17, 15) is 18.4 Å². The first kappa shape index (κ1) is 17.1. The summed E-state index contributed by atoms with van der Waals surface area (Å²) in [6.07, 6.45) is 1.65. The van der Waals surface area contributed by atoms with E-state index in [-0.39, 0.29) is 24.8 Å². The van der Waals surface area contributed by atoms with Crippen LogP contribution in [0.25, 0.3) is 0 Å². The van der Waals surface area contributed by atoms with Gasteiger partial charge in [-0.1, -0.05) is 6.07 Å². The molecule has 0 heterocycles. The number of carbonyl (C=O) groups excluding carboxylic acids is 1. The van der Waals surface area contributed by atoms with Crippen LogP contribution in [0.4, 0.5) is 8.78 Å². The summed E-state index contributed by atoms with van der Waals surface area (Å²) in [4.78, 5) is 22.0. The lowest BCUT2D eigenvalue weighted by molar-refractivity contribution is -0.137. The third-order valence-corrected chi connectivity index (χ3v) is 3.05. The molecule has 0 radical (unpaired) electrons. The number of rotatable bonds is 8. The number of amides is 1. The van der Waals surface area contributed by atoms with E-state index in [1.807, 2.05) is 0 Å². The highest BCUT2D eigenvalue weighted by Gasteiger charge is 2.09. The number of hydrogen-bond donors (Lipinski definition) is 2. The van der Waals surface area contributed by atoms with Gasteiger partial charge in [0.1, 0.15) is 0 Å². The van der Waals surface area contributed by atoms with Gasteiger partial charge in [0.2, 0.25) is 5.91 Å². The molecular formula is C15H19F2NO3. The zero-order chi connectivity index (χ0) is 15.8. The average molecular weight is 299 g/mol. The minimum atomic E-state index is -0.894. The van der Waals surface area contributed by atoms with Gasteiger partial charge in [0, 0.05) is 18.9 Å². The van der Waals surface area contributed by atoms with Gasteiger partial charge in [0.25, 0.3) is 0 Å². The Morgan fingerprint density at radius 2 is 1.95 bits per heavy atom. The predicted octanol–water partition coefficient (Wildman–Crippen LogP) is 2.66. The smallest absolute Gasteiger partial charge is 0.303 e. The molecule has 116 valence electrons. The van der Waals surface area contributed by atoms with Gasteiger partial charge < -0.3 is 10.4 Å². The summed E-state index contributed by atoms with van der Waals surface area (Å²) < 4.78 is 25.7. The van der Waals surface area contributed by atoms with Crippen molar-refractivity contribution in [3.63, 3.8) is 0 Å². The summed E-state index contributed by atoms with van der Waals surface area (Å²) in [5.74, 6) is -2.84.